The van der Waals surface area contributed by atoms with E-state index >= 15 is 0 Å². The minimum Gasteiger partial charge on any atom is -0.265 e. The van der Waals surface area contributed by atoms with Crippen LogP contribution < -0.4 is 0 Å². The predicted octanol–water partition coefficient (Wildman–Crippen LogP) is 3.27. The van der Waals surface area contributed by atoms with Crippen molar-refractivity contribution in [2.75, 3.05) is 0 Å². The summed E-state index contributed by atoms with van der Waals surface area (Å²) in [6, 6.07) is 12.6. The number of rotatable bonds is 3. The van der Waals surface area contributed by atoms with Crippen molar-refractivity contribution < 1.29 is 0 Å². The molecule has 0 saturated heterocycles. The summed E-state index contributed by atoms with van der Waals surface area (Å²) in [6.07, 6.45) is 1.11. The van der Waals surface area contributed by atoms with E-state index in [-0.39, 0.29) is 0 Å². The minimum atomic E-state index is 0.984. The molecule has 0 spiro atoms. The van der Waals surface area contributed by atoms with E-state index in [1.54, 1.807) is 0 Å². The molecule has 1 heterocycles. The van der Waals surface area contributed by atoms with Crippen molar-refractivity contribution in [3.63, 3.8) is 0 Å². The van der Waals surface area contributed by atoms with Crippen molar-refractivity contribution in [2.24, 2.45) is 0 Å². The van der Waals surface area contributed by atoms with Gasteiger partial charge in [0.15, 0.2) is 0 Å². The number of nitrogens with zero attached hydrogens (tertiary/aromatic N) is 2. The normalized spacial score (nSPS) is 10.5. The molecular formula is C13H16N2. The van der Waals surface area contributed by atoms with Gasteiger partial charge in [0.05, 0.1) is 11.4 Å². The highest BCUT2D eigenvalue weighted by molar-refractivity contribution is 5.59. The number of hydrogen-bond acceptors (Lipinski definition) is 1. The molecule has 0 atom stereocenters. The van der Waals surface area contributed by atoms with Crippen LogP contribution in [0.25, 0.3) is 11.3 Å². The fourth-order valence-corrected chi connectivity index (χ4v) is 1.77. The lowest BCUT2D eigenvalue weighted by molar-refractivity contribution is 0.604. The molecule has 0 saturated carbocycles. The quantitative estimate of drug-likeness (QED) is 0.743. The zero-order valence-corrected chi connectivity index (χ0v) is 9.27. The molecule has 0 fully saturated rings. The molecule has 2 rings (SSSR count). The Kier molecular flexibility index (Phi) is 2.86. The summed E-state index contributed by atoms with van der Waals surface area (Å²) in [7, 11) is 0. The lowest BCUT2D eigenvalue weighted by atomic mass is 10.1. The van der Waals surface area contributed by atoms with E-state index in [9.17, 15) is 0 Å². The first-order chi connectivity index (χ1) is 7.31. The summed E-state index contributed by atoms with van der Waals surface area (Å²) < 4.78 is 2.09. The standard InChI is InChI=1S/C13H16N2/c1-3-9-15-13(10-11(2)14-15)12-7-5-4-6-8-12/h4-8,10H,3,9H2,1-2H3. The topological polar surface area (TPSA) is 17.8 Å². The third-order valence-corrected chi connectivity index (χ3v) is 2.41. The lowest BCUT2D eigenvalue weighted by Crippen LogP contribution is -2.01. The van der Waals surface area contributed by atoms with Crippen LogP contribution in [-0.4, -0.2) is 9.78 Å². The molecule has 0 aliphatic carbocycles. The maximum atomic E-state index is 4.49. The second kappa shape index (κ2) is 4.30. The van der Waals surface area contributed by atoms with E-state index in [1.165, 1.54) is 11.3 Å². The van der Waals surface area contributed by atoms with Gasteiger partial charge in [0.2, 0.25) is 0 Å². The van der Waals surface area contributed by atoms with Gasteiger partial charge >= 0.3 is 0 Å². The van der Waals surface area contributed by atoms with Crippen molar-refractivity contribution in [2.45, 2.75) is 26.8 Å². The Bertz CT molecular complexity index is 429. The van der Waals surface area contributed by atoms with Gasteiger partial charge in [0.1, 0.15) is 0 Å². The number of hydrogen-bond donors (Lipinski definition) is 0. The zero-order chi connectivity index (χ0) is 10.7. The Morgan fingerprint density at radius 1 is 1.20 bits per heavy atom. The first kappa shape index (κ1) is 9.97. The van der Waals surface area contributed by atoms with E-state index in [0.717, 1.165) is 18.7 Å². The SMILES string of the molecule is CCCn1nc(C)cc1-c1ccccc1. The molecule has 1 aromatic carbocycles. The van der Waals surface area contributed by atoms with E-state index in [2.05, 4.69) is 47.0 Å². The van der Waals surface area contributed by atoms with E-state index in [1.807, 2.05) is 13.0 Å². The summed E-state index contributed by atoms with van der Waals surface area (Å²) in [4.78, 5) is 0. The smallest absolute Gasteiger partial charge is 0.0685 e. The Hall–Kier alpha value is -1.57. The third-order valence-electron chi connectivity index (χ3n) is 2.41. The Labute approximate surface area is 90.6 Å². The Balaban J connectivity index is 2.43. The first-order valence-electron chi connectivity index (χ1n) is 5.41. The fraction of sp³-hybridized carbons (Fsp3) is 0.308. The summed E-state index contributed by atoms with van der Waals surface area (Å²) in [5.41, 5.74) is 3.55. The molecular weight excluding hydrogens is 184 g/mol. The zero-order valence-electron chi connectivity index (χ0n) is 9.27. The van der Waals surface area contributed by atoms with Gasteiger partial charge in [-0.25, -0.2) is 0 Å². The summed E-state index contributed by atoms with van der Waals surface area (Å²) in [6.45, 7) is 5.20. The highest BCUT2D eigenvalue weighted by Gasteiger charge is 2.05. The molecule has 0 N–H and O–H groups in total. The Morgan fingerprint density at radius 2 is 1.93 bits per heavy atom. The molecule has 0 aliphatic heterocycles. The maximum absolute atomic E-state index is 4.49. The van der Waals surface area contributed by atoms with E-state index < -0.39 is 0 Å². The summed E-state index contributed by atoms with van der Waals surface area (Å²) in [5.74, 6) is 0. The molecule has 2 nitrogen and oxygen atoms in total. The predicted molar refractivity (Wildman–Crippen MR) is 62.7 cm³/mol. The molecule has 0 radical (unpaired) electrons. The van der Waals surface area contributed by atoms with Gasteiger partial charge in [-0.2, -0.15) is 5.10 Å². The van der Waals surface area contributed by atoms with Crippen LogP contribution in [0.1, 0.15) is 19.0 Å². The third kappa shape index (κ3) is 2.09. The van der Waals surface area contributed by atoms with Crippen molar-refractivity contribution in [3.8, 4) is 11.3 Å². The van der Waals surface area contributed by atoms with Gasteiger partial charge in [-0.05, 0) is 25.0 Å². The average Bonchev–Trinajstić information content (AvgIpc) is 2.62. The van der Waals surface area contributed by atoms with Gasteiger partial charge in [0.25, 0.3) is 0 Å². The van der Waals surface area contributed by atoms with Crippen LogP contribution in [0.2, 0.25) is 0 Å². The van der Waals surface area contributed by atoms with Crippen LogP contribution in [-0.2, 0) is 6.54 Å². The average molecular weight is 200 g/mol. The van der Waals surface area contributed by atoms with Gasteiger partial charge in [-0.15, -0.1) is 0 Å². The van der Waals surface area contributed by atoms with Gasteiger partial charge in [-0.3, -0.25) is 4.68 Å². The first-order valence-corrected chi connectivity index (χ1v) is 5.41. The van der Waals surface area contributed by atoms with Crippen LogP contribution >= 0.6 is 0 Å². The van der Waals surface area contributed by atoms with E-state index in [0.29, 0.717) is 0 Å². The van der Waals surface area contributed by atoms with Crippen LogP contribution in [0.3, 0.4) is 0 Å². The number of aryl methyl sites for hydroxylation is 2. The molecule has 15 heavy (non-hydrogen) atoms. The van der Waals surface area contributed by atoms with Crippen LogP contribution in [0.4, 0.5) is 0 Å². The van der Waals surface area contributed by atoms with Crippen molar-refractivity contribution >= 4 is 0 Å². The van der Waals surface area contributed by atoms with Crippen LogP contribution in [0, 0.1) is 6.92 Å². The molecule has 0 unspecified atom stereocenters. The second-order valence-electron chi connectivity index (χ2n) is 3.76. The van der Waals surface area contributed by atoms with Crippen molar-refractivity contribution in [1.29, 1.82) is 0 Å². The fourth-order valence-electron chi connectivity index (χ4n) is 1.77. The van der Waals surface area contributed by atoms with Gasteiger partial charge in [-0.1, -0.05) is 37.3 Å². The molecule has 1 aromatic heterocycles. The maximum Gasteiger partial charge on any atom is 0.0685 e. The van der Waals surface area contributed by atoms with Gasteiger partial charge in [0, 0.05) is 6.54 Å². The summed E-state index contributed by atoms with van der Waals surface area (Å²) >= 11 is 0. The molecule has 2 heteroatoms. The van der Waals surface area contributed by atoms with Gasteiger partial charge < -0.3 is 0 Å². The highest BCUT2D eigenvalue weighted by atomic mass is 15.3. The summed E-state index contributed by atoms with van der Waals surface area (Å²) in [5, 5.41) is 4.49. The number of benzene rings is 1. The highest BCUT2D eigenvalue weighted by Crippen LogP contribution is 2.20. The lowest BCUT2D eigenvalue weighted by Gasteiger charge is -2.05. The van der Waals surface area contributed by atoms with E-state index in [4.69, 9.17) is 0 Å². The molecule has 2 aromatic rings. The Morgan fingerprint density at radius 3 is 2.60 bits per heavy atom. The van der Waals surface area contributed by atoms with Crippen molar-refractivity contribution in [3.05, 3.63) is 42.1 Å². The van der Waals surface area contributed by atoms with Crippen molar-refractivity contribution in [1.82, 2.24) is 9.78 Å². The molecule has 0 amide bonds. The molecule has 0 aliphatic rings. The minimum absolute atomic E-state index is 0.984. The second-order valence-corrected chi connectivity index (χ2v) is 3.76. The largest absolute Gasteiger partial charge is 0.265 e. The molecule has 0 bridgehead atoms. The number of aromatic nitrogens is 2. The van der Waals surface area contributed by atoms with Crippen LogP contribution in [0.5, 0.6) is 0 Å². The molecule has 78 valence electrons. The van der Waals surface area contributed by atoms with Crippen LogP contribution in [0.15, 0.2) is 36.4 Å². The monoisotopic (exact) mass is 200 g/mol.